The molecule has 0 aromatic heterocycles. The molecular formula is C16H29N3O. The van der Waals surface area contributed by atoms with Crippen LogP contribution in [0.2, 0.25) is 0 Å². The topological polar surface area (TPSA) is 35.6 Å². The van der Waals surface area contributed by atoms with Crippen molar-refractivity contribution in [2.75, 3.05) is 39.3 Å². The van der Waals surface area contributed by atoms with Crippen molar-refractivity contribution in [2.24, 2.45) is 5.92 Å². The van der Waals surface area contributed by atoms with Crippen molar-refractivity contribution in [3.63, 3.8) is 0 Å². The van der Waals surface area contributed by atoms with E-state index in [0.29, 0.717) is 11.8 Å². The minimum Gasteiger partial charge on any atom is -0.340 e. The zero-order chi connectivity index (χ0) is 13.8. The summed E-state index contributed by atoms with van der Waals surface area (Å²) in [5.41, 5.74) is 0. The molecule has 0 spiro atoms. The standard InChI is InChI=1S/C16H29N3O/c20-16(14-4-2-1-3-5-14)19-12-10-18(11-13-19)15-6-8-17-9-7-15/h14-15,17H,1-13H2. The highest BCUT2D eigenvalue weighted by Crippen LogP contribution is 2.26. The Morgan fingerprint density at radius 3 is 2.15 bits per heavy atom. The van der Waals surface area contributed by atoms with Gasteiger partial charge in [0.2, 0.25) is 5.91 Å². The van der Waals surface area contributed by atoms with Crippen LogP contribution in [0.1, 0.15) is 44.9 Å². The number of hydrogen-bond acceptors (Lipinski definition) is 3. The van der Waals surface area contributed by atoms with Crippen molar-refractivity contribution in [1.82, 2.24) is 15.1 Å². The second-order valence-corrected chi connectivity index (χ2v) is 6.68. The molecule has 4 nitrogen and oxygen atoms in total. The van der Waals surface area contributed by atoms with Crippen LogP contribution in [0.25, 0.3) is 0 Å². The van der Waals surface area contributed by atoms with E-state index in [2.05, 4.69) is 15.1 Å². The van der Waals surface area contributed by atoms with Gasteiger partial charge in [-0.15, -0.1) is 0 Å². The van der Waals surface area contributed by atoms with Crippen molar-refractivity contribution in [1.29, 1.82) is 0 Å². The average molecular weight is 279 g/mol. The van der Waals surface area contributed by atoms with Crippen LogP contribution in [-0.4, -0.2) is 61.0 Å². The van der Waals surface area contributed by atoms with Crippen molar-refractivity contribution in [3.8, 4) is 0 Å². The van der Waals surface area contributed by atoms with Gasteiger partial charge in [-0.25, -0.2) is 0 Å². The number of piperazine rings is 1. The third kappa shape index (κ3) is 3.34. The monoisotopic (exact) mass is 279 g/mol. The summed E-state index contributed by atoms with van der Waals surface area (Å²) in [6.07, 6.45) is 8.65. The molecule has 0 unspecified atom stereocenters. The Kier molecular flexibility index (Phi) is 4.94. The van der Waals surface area contributed by atoms with Crippen molar-refractivity contribution < 1.29 is 4.79 Å². The minimum absolute atomic E-state index is 0.342. The number of rotatable bonds is 2. The first-order valence-electron chi connectivity index (χ1n) is 8.58. The lowest BCUT2D eigenvalue weighted by Crippen LogP contribution is -2.54. The van der Waals surface area contributed by atoms with Crippen LogP contribution in [0.3, 0.4) is 0 Å². The zero-order valence-electron chi connectivity index (χ0n) is 12.6. The maximum absolute atomic E-state index is 12.5. The Balaban J connectivity index is 1.46. The van der Waals surface area contributed by atoms with E-state index in [1.165, 1.54) is 32.1 Å². The molecule has 0 aromatic carbocycles. The fraction of sp³-hybridized carbons (Fsp3) is 0.938. The van der Waals surface area contributed by atoms with Crippen LogP contribution in [-0.2, 0) is 4.79 Å². The van der Waals surface area contributed by atoms with Crippen molar-refractivity contribution in [3.05, 3.63) is 0 Å². The molecule has 4 heteroatoms. The van der Waals surface area contributed by atoms with Crippen LogP contribution in [0, 0.1) is 5.92 Å². The lowest BCUT2D eigenvalue weighted by molar-refractivity contribution is -0.138. The summed E-state index contributed by atoms with van der Waals surface area (Å²) in [4.78, 5) is 17.3. The quantitative estimate of drug-likeness (QED) is 0.831. The number of carbonyl (C=O) groups is 1. The largest absolute Gasteiger partial charge is 0.340 e. The third-order valence-electron chi connectivity index (χ3n) is 5.41. The number of nitrogens with zero attached hydrogens (tertiary/aromatic N) is 2. The van der Waals surface area contributed by atoms with Gasteiger partial charge in [-0.1, -0.05) is 19.3 Å². The smallest absolute Gasteiger partial charge is 0.225 e. The van der Waals surface area contributed by atoms with Gasteiger partial charge in [0.1, 0.15) is 0 Å². The molecule has 1 amide bonds. The first-order chi connectivity index (χ1) is 9.84. The molecule has 2 heterocycles. The van der Waals surface area contributed by atoms with E-state index >= 15 is 0 Å². The molecule has 1 aliphatic carbocycles. The van der Waals surface area contributed by atoms with Gasteiger partial charge in [-0.2, -0.15) is 0 Å². The summed E-state index contributed by atoms with van der Waals surface area (Å²) in [6, 6.07) is 0.753. The molecule has 0 radical (unpaired) electrons. The van der Waals surface area contributed by atoms with Gasteiger partial charge in [0.15, 0.2) is 0 Å². The van der Waals surface area contributed by atoms with Crippen molar-refractivity contribution >= 4 is 5.91 Å². The first kappa shape index (κ1) is 14.3. The SMILES string of the molecule is O=C(C1CCCCC1)N1CCN(C2CCNCC2)CC1. The van der Waals surface area contributed by atoms with E-state index in [0.717, 1.165) is 58.2 Å². The van der Waals surface area contributed by atoms with E-state index in [9.17, 15) is 4.79 Å². The third-order valence-corrected chi connectivity index (χ3v) is 5.41. The molecule has 1 saturated carbocycles. The van der Waals surface area contributed by atoms with Gasteiger partial charge in [0.25, 0.3) is 0 Å². The molecule has 2 aliphatic heterocycles. The second-order valence-electron chi connectivity index (χ2n) is 6.68. The van der Waals surface area contributed by atoms with E-state index in [-0.39, 0.29) is 0 Å². The second kappa shape index (κ2) is 6.90. The summed E-state index contributed by atoms with van der Waals surface area (Å²) in [6.45, 7) is 6.41. The van der Waals surface area contributed by atoms with Crippen LogP contribution >= 0.6 is 0 Å². The first-order valence-corrected chi connectivity index (χ1v) is 8.58. The molecule has 3 rings (SSSR count). The molecule has 20 heavy (non-hydrogen) atoms. The Bertz CT molecular complexity index is 314. The van der Waals surface area contributed by atoms with Gasteiger partial charge in [-0.3, -0.25) is 9.69 Å². The maximum atomic E-state index is 12.5. The van der Waals surface area contributed by atoms with Gasteiger partial charge in [0, 0.05) is 38.1 Å². The number of carbonyl (C=O) groups excluding carboxylic acids is 1. The Morgan fingerprint density at radius 1 is 0.850 bits per heavy atom. The minimum atomic E-state index is 0.342. The Hall–Kier alpha value is -0.610. The van der Waals surface area contributed by atoms with Crippen LogP contribution in [0.4, 0.5) is 0 Å². The van der Waals surface area contributed by atoms with Crippen LogP contribution in [0.5, 0.6) is 0 Å². The average Bonchev–Trinajstić information content (AvgIpc) is 2.56. The molecule has 3 fully saturated rings. The summed E-state index contributed by atoms with van der Waals surface area (Å²) < 4.78 is 0. The maximum Gasteiger partial charge on any atom is 0.225 e. The highest BCUT2D eigenvalue weighted by Gasteiger charge is 2.30. The number of piperidine rings is 1. The lowest BCUT2D eigenvalue weighted by Gasteiger charge is -2.42. The highest BCUT2D eigenvalue weighted by molar-refractivity contribution is 5.79. The predicted octanol–water partition coefficient (Wildman–Crippen LogP) is 1.46. The molecular weight excluding hydrogens is 250 g/mol. The number of amides is 1. The molecule has 3 aliphatic rings. The highest BCUT2D eigenvalue weighted by atomic mass is 16.2. The lowest BCUT2D eigenvalue weighted by atomic mass is 9.88. The van der Waals surface area contributed by atoms with E-state index in [4.69, 9.17) is 0 Å². The molecule has 1 N–H and O–H groups in total. The molecule has 0 bridgehead atoms. The molecule has 2 saturated heterocycles. The fourth-order valence-electron chi connectivity index (χ4n) is 4.09. The normalized spacial score (nSPS) is 27.7. The van der Waals surface area contributed by atoms with Gasteiger partial charge in [-0.05, 0) is 38.8 Å². The Labute approximate surface area is 122 Å². The van der Waals surface area contributed by atoms with Crippen LogP contribution in [0.15, 0.2) is 0 Å². The van der Waals surface area contributed by atoms with E-state index in [1.54, 1.807) is 0 Å². The number of hydrogen-bond donors (Lipinski definition) is 1. The predicted molar refractivity (Wildman–Crippen MR) is 80.6 cm³/mol. The fourth-order valence-corrected chi connectivity index (χ4v) is 4.09. The zero-order valence-corrected chi connectivity index (χ0v) is 12.6. The molecule has 114 valence electrons. The summed E-state index contributed by atoms with van der Waals surface area (Å²) in [5.74, 6) is 0.795. The van der Waals surface area contributed by atoms with Crippen LogP contribution < -0.4 is 5.32 Å². The van der Waals surface area contributed by atoms with Crippen molar-refractivity contribution in [2.45, 2.75) is 51.0 Å². The van der Waals surface area contributed by atoms with Gasteiger partial charge >= 0.3 is 0 Å². The summed E-state index contributed by atoms with van der Waals surface area (Å²) in [5, 5.41) is 3.43. The van der Waals surface area contributed by atoms with Gasteiger partial charge in [0.05, 0.1) is 0 Å². The molecule has 0 atom stereocenters. The summed E-state index contributed by atoms with van der Waals surface area (Å²) in [7, 11) is 0. The summed E-state index contributed by atoms with van der Waals surface area (Å²) >= 11 is 0. The van der Waals surface area contributed by atoms with E-state index in [1.807, 2.05) is 0 Å². The Morgan fingerprint density at radius 2 is 1.50 bits per heavy atom. The van der Waals surface area contributed by atoms with Gasteiger partial charge < -0.3 is 10.2 Å². The number of nitrogens with one attached hydrogen (secondary N) is 1. The molecule has 0 aromatic rings. The van der Waals surface area contributed by atoms with E-state index < -0.39 is 0 Å².